The molecule has 1 fully saturated rings. The normalized spacial score (nSPS) is 15.2. The molecule has 2 aromatic rings. The fourth-order valence-electron chi connectivity index (χ4n) is 3.42. The molecule has 0 aliphatic carbocycles. The van der Waals surface area contributed by atoms with Gasteiger partial charge in [0.05, 0.1) is 6.61 Å². The van der Waals surface area contributed by atoms with E-state index in [1.54, 1.807) is 0 Å². The summed E-state index contributed by atoms with van der Waals surface area (Å²) in [7, 11) is 2.17. The van der Waals surface area contributed by atoms with Gasteiger partial charge in [0.1, 0.15) is 5.75 Å². The van der Waals surface area contributed by atoms with Crippen LogP contribution in [0.4, 0.5) is 0 Å². The molecule has 2 aromatic carbocycles. The average Bonchev–Trinajstić information content (AvgIpc) is 2.75. The number of likely N-dealkylation sites (N-methyl/N-ethyl adjacent to an activating group) is 1. The number of carbonyl (C=O) groups is 1. The van der Waals surface area contributed by atoms with Crippen LogP contribution in [-0.4, -0.2) is 55.5 Å². The summed E-state index contributed by atoms with van der Waals surface area (Å²) in [5.41, 5.74) is 3.08. The summed E-state index contributed by atoms with van der Waals surface area (Å²) in [6.07, 6.45) is 2.15. The highest BCUT2D eigenvalue weighted by Crippen LogP contribution is 2.14. The molecule has 1 N–H and O–H groups in total. The highest BCUT2D eigenvalue weighted by molar-refractivity contribution is 5.94. The molecule has 0 spiro atoms. The molecule has 1 aliphatic rings. The second kappa shape index (κ2) is 11.0. The van der Waals surface area contributed by atoms with Crippen molar-refractivity contribution in [2.75, 3.05) is 39.8 Å². The molecule has 1 aliphatic heterocycles. The molecule has 29 heavy (non-hydrogen) atoms. The number of amides is 1. The number of hydrogen-bond acceptors (Lipinski definition) is 4. The number of rotatable bonds is 9. The van der Waals surface area contributed by atoms with Crippen molar-refractivity contribution >= 4 is 5.91 Å². The van der Waals surface area contributed by atoms with Gasteiger partial charge in [-0.05, 0) is 48.9 Å². The van der Waals surface area contributed by atoms with Crippen molar-refractivity contribution in [2.45, 2.75) is 32.9 Å². The third kappa shape index (κ3) is 6.87. The molecule has 5 nitrogen and oxygen atoms in total. The molecule has 0 atom stereocenters. The SMILES string of the molecule is CCCCOc1ccc(C(=O)NCc2cccc(CN3CCN(C)CC3)c2)cc1. The first-order valence-corrected chi connectivity index (χ1v) is 10.6. The van der Waals surface area contributed by atoms with Gasteiger partial charge in [-0.2, -0.15) is 0 Å². The van der Waals surface area contributed by atoms with Crippen molar-refractivity contribution < 1.29 is 9.53 Å². The van der Waals surface area contributed by atoms with Crippen molar-refractivity contribution in [1.82, 2.24) is 15.1 Å². The Bertz CT molecular complexity index is 768. The van der Waals surface area contributed by atoms with E-state index in [2.05, 4.69) is 53.4 Å². The molecule has 5 heteroatoms. The Balaban J connectivity index is 1.48. The monoisotopic (exact) mass is 395 g/mol. The third-order valence-electron chi connectivity index (χ3n) is 5.33. The first-order chi connectivity index (χ1) is 14.1. The van der Waals surface area contributed by atoms with Crippen LogP contribution in [0.1, 0.15) is 41.3 Å². The van der Waals surface area contributed by atoms with Gasteiger partial charge in [-0.1, -0.05) is 37.6 Å². The van der Waals surface area contributed by atoms with E-state index in [4.69, 9.17) is 4.74 Å². The third-order valence-corrected chi connectivity index (χ3v) is 5.33. The topological polar surface area (TPSA) is 44.8 Å². The van der Waals surface area contributed by atoms with Gasteiger partial charge in [-0.25, -0.2) is 0 Å². The van der Waals surface area contributed by atoms with Gasteiger partial charge in [-0.15, -0.1) is 0 Å². The lowest BCUT2D eigenvalue weighted by Crippen LogP contribution is -2.43. The van der Waals surface area contributed by atoms with E-state index in [0.29, 0.717) is 18.7 Å². The summed E-state index contributed by atoms with van der Waals surface area (Å²) >= 11 is 0. The molecule has 0 unspecified atom stereocenters. The molecular formula is C24H33N3O2. The zero-order chi connectivity index (χ0) is 20.5. The quantitative estimate of drug-likeness (QED) is 0.660. The van der Waals surface area contributed by atoms with Crippen molar-refractivity contribution in [1.29, 1.82) is 0 Å². The summed E-state index contributed by atoms with van der Waals surface area (Å²) in [6, 6.07) is 15.9. The van der Waals surface area contributed by atoms with Crippen LogP contribution in [0.5, 0.6) is 5.75 Å². The van der Waals surface area contributed by atoms with Crippen LogP contribution >= 0.6 is 0 Å². The van der Waals surface area contributed by atoms with E-state index in [1.165, 1.54) is 5.56 Å². The van der Waals surface area contributed by atoms with Crippen LogP contribution in [-0.2, 0) is 13.1 Å². The van der Waals surface area contributed by atoms with Crippen molar-refractivity contribution in [3.8, 4) is 5.75 Å². The minimum atomic E-state index is -0.0606. The fourth-order valence-corrected chi connectivity index (χ4v) is 3.42. The Labute approximate surface area is 174 Å². The maximum Gasteiger partial charge on any atom is 0.251 e. The Morgan fingerprint density at radius 1 is 1.03 bits per heavy atom. The number of ether oxygens (including phenoxy) is 1. The molecule has 3 rings (SSSR count). The lowest BCUT2D eigenvalue weighted by atomic mass is 10.1. The minimum absolute atomic E-state index is 0.0606. The van der Waals surface area contributed by atoms with Crippen molar-refractivity contribution in [3.63, 3.8) is 0 Å². The van der Waals surface area contributed by atoms with E-state index in [-0.39, 0.29) is 5.91 Å². The van der Waals surface area contributed by atoms with E-state index < -0.39 is 0 Å². The van der Waals surface area contributed by atoms with Crippen molar-refractivity contribution in [3.05, 3.63) is 65.2 Å². The Morgan fingerprint density at radius 3 is 2.48 bits per heavy atom. The van der Waals surface area contributed by atoms with Gasteiger partial charge in [0.15, 0.2) is 0 Å². The number of nitrogens with zero attached hydrogens (tertiary/aromatic N) is 2. The number of nitrogens with one attached hydrogen (secondary N) is 1. The molecule has 0 bridgehead atoms. The lowest BCUT2D eigenvalue weighted by Gasteiger charge is -2.32. The van der Waals surface area contributed by atoms with Gasteiger partial charge in [0.25, 0.3) is 5.91 Å². The highest BCUT2D eigenvalue weighted by Gasteiger charge is 2.14. The van der Waals surface area contributed by atoms with Crippen LogP contribution < -0.4 is 10.1 Å². The van der Waals surface area contributed by atoms with Gasteiger partial charge < -0.3 is 15.0 Å². The summed E-state index contributed by atoms with van der Waals surface area (Å²) in [5, 5.41) is 3.02. The van der Waals surface area contributed by atoms with E-state index in [0.717, 1.165) is 56.9 Å². The van der Waals surface area contributed by atoms with Gasteiger partial charge in [0, 0.05) is 44.8 Å². The largest absolute Gasteiger partial charge is 0.494 e. The predicted molar refractivity (Wildman–Crippen MR) is 117 cm³/mol. The summed E-state index contributed by atoms with van der Waals surface area (Å²) in [6.45, 7) is 8.81. The number of carbonyl (C=O) groups excluding carboxylic acids is 1. The molecule has 1 saturated heterocycles. The van der Waals surface area contributed by atoms with Crippen LogP contribution in [0.15, 0.2) is 48.5 Å². The second-order valence-electron chi connectivity index (χ2n) is 7.81. The average molecular weight is 396 g/mol. The molecule has 0 radical (unpaired) electrons. The maximum absolute atomic E-state index is 12.5. The Morgan fingerprint density at radius 2 is 1.76 bits per heavy atom. The maximum atomic E-state index is 12.5. The zero-order valence-electron chi connectivity index (χ0n) is 17.7. The smallest absolute Gasteiger partial charge is 0.251 e. The van der Waals surface area contributed by atoms with E-state index in [9.17, 15) is 4.79 Å². The number of unbranched alkanes of at least 4 members (excludes halogenated alkanes) is 1. The summed E-state index contributed by atoms with van der Waals surface area (Å²) in [5.74, 6) is 0.751. The van der Waals surface area contributed by atoms with Crippen molar-refractivity contribution in [2.24, 2.45) is 0 Å². The Hall–Kier alpha value is -2.37. The zero-order valence-corrected chi connectivity index (χ0v) is 17.7. The van der Waals surface area contributed by atoms with E-state index in [1.807, 2.05) is 24.3 Å². The number of piperazine rings is 1. The first kappa shape index (κ1) is 21.3. The molecule has 0 saturated carbocycles. The minimum Gasteiger partial charge on any atom is -0.494 e. The van der Waals surface area contributed by atoms with Gasteiger partial charge >= 0.3 is 0 Å². The predicted octanol–water partition coefficient (Wildman–Crippen LogP) is 3.54. The first-order valence-electron chi connectivity index (χ1n) is 10.6. The van der Waals surface area contributed by atoms with Gasteiger partial charge in [0.2, 0.25) is 0 Å². The molecule has 156 valence electrons. The Kier molecular flexibility index (Phi) is 8.08. The molecule has 1 amide bonds. The van der Waals surface area contributed by atoms with Crippen LogP contribution in [0.25, 0.3) is 0 Å². The molecule has 0 aromatic heterocycles. The molecule has 1 heterocycles. The highest BCUT2D eigenvalue weighted by atomic mass is 16.5. The second-order valence-corrected chi connectivity index (χ2v) is 7.81. The standard InChI is InChI=1S/C24H33N3O2/c1-3-4-16-29-23-10-8-22(9-11-23)24(28)25-18-20-6-5-7-21(17-20)19-27-14-12-26(2)13-15-27/h5-11,17H,3-4,12-16,18-19H2,1-2H3,(H,25,28). The van der Waals surface area contributed by atoms with Gasteiger partial charge in [-0.3, -0.25) is 9.69 Å². The van der Waals surface area contributed by atoms with Crippen LogP contribution in [0.2, 0.25) is 0 Å². The summed E-state index contributed by atoms with van der Waals surface area (Å²) < 4.78 is 5.65. The van der Waals surface area contributed by atoms with Crippen LogP contribution in [0.3, 0.4) is 0 Å². The van der Waals surface area contributed by atoms with Crippen LogP contribution in [0, 0.1) is 0 Å². The van der Waals surface area contributed by atoms with E-state index >= 15 is 0 Å². The summed E-state index contributed by atoms with van der Waals surface area (Å²) in [4.78, 5) is 17.3. The number of benzene rings is 2. The molecular weight excluding hydrogens is 362 g/mol. The lowest BCUT2D eigenvalue weighted by molar-refractivity contribution is 0.0951. The number of hydrogen-bond donors (Lipinski definition) is 1. The fraction of sp³-hybridized carbons (Fsp3) is 0.458.